The normalized spacial score (nSPS) is 17.7. The van der Waals surface area contributed by atoms with Gasteiger partial charge in [-0.1, -0.05) is 18.2 Å². The maximum absolute atomic E-state index is 16.2. The van der Waals surface area contributed by atoms with Crippen LogP contribution >= 0.6 is 22.7 Å². The minimum atomic E-state index is -5.75. The molecule has 5 nitrogen and oxygen atoms in total. The smallest absolute Gasteiger partial charge is 0.380 e. The number of ether oxygens (including phenoxy) is 5. The highest BCUT2D eigenvalue weighted by Gasteiger charge is 2.80. The third-order valence-electron chi connectivity index (χ3n) is 8.29. The number of rotatable bonds is 9. The van der Waals surface area contributed by atoms with Crippen LogP contribution in [0.15, 0.2) is 42.5 Å². The Hall–Kier alpha value is -3.52. The topological polar surface area (TPSA) is 46.2 Å². The Kier molecular flexibility index (Phi) is 7.98. The third-order valence-corrected chi connectivity index (χ3v) is 11.0. The third kappa shape index (κ3) is 4.35. The Morgan fingerprint density at radius 1 is 0.739 bits per heavy atom. The molecule has 6 rings (SSSR count). The van der Waals surface area contributed by atoms with Gasteiger partial charge in [-0.25, -0.2) is 0 Å². The monoisotopic (exact) mass is 682 g/mol. The van der Waals surface area contributed by atoms with E-state index in [1.807, 2.05) is 0 Å². The van der Waals surface area contributed by atoms with Gasteiger partial charge in [0.2, 0.25) is 0 Å². The van der Waals surface area contributed by atoms with Gasteiger partial charge in [-0.3, -0.25) is 0 Å². The van der Waals surface area contributed by atoms with Crippen molar-refractivity contribution >= 4 is 64.8 Å². The fourth-order valence-corrected chi connectivity index (χ4v) is 8.73. The van der Waals surface area contributed by atoms with Crippen molar-refractivity contribution in [2.24, 2.45) is 0 Å². The van der Waals surface area contributed by atoms with Gasteiger partial charge in [0.15, 0.2) is 0 Å². The zero-order chi connectivity index (χ0) is 33.3. The van der Waals surface area contributed by atoms with Crippen LogP contribution in [0.5, 0.6) is 17.2 Å². The lowest BCUT2D eigenvalue weighted by atomic mass is 9.92. The maximum Gasteiger partial charge on any atom is 0.380 e. The van der Waals surface area contributed by atoms with Crippen LogP contribution in [0.25, 0.3) is 42.1 Å². The Morgan fingerprint density at radius 2 is 1.37 bits per heavy atom. The fourth-order valence-electron chi connectivity index (χ4n) is 6.12. The van der Waals surface area contributed by atoms with Gasteiger partial charge in [-0.2, -0.15) is 26.3 Å². The number of allylic oxidation sites excluding steroid dienone is 2. The van der Waals surface area contributed by atoms with Crippen molar-refractivity contribution in [1.82, 2.24) is 0 Å². The first-order chi connectivity index (χ1) is 21.8. The van der Waals surface area contributed by atoms with Gasteiger partial charge in [0.1, 0.15) is 24.0 Å². The van der Waals surface area contributed by atoms with E-state index in [-0.39, 0.29) is 28.4 Å². The fraction of sp³-hybridized carbons (Fsp3) is 0.333. The summed E-state index contributed by atoms with van der Waals surface area (Å²) in [5.41, 5.74) is -3.21. The highest BCUT2D eigenvalue weighted by atomic mass is 32.1. The summed E-state index contributed by atoms with van der Waals surface area (Å²) in [6, 6.07) is 11.1. The minimum absolute atomic E-state index is 0.0842. The van der Waals surface area contributed by atoms with Gasteiger partial charge < -0.3 is 23.7 Å². The van der Waals surface area contributed by atoms with E-state index in [1.54, 1.807) is 30.3 Å². The molecule has 0 N–H and O–H groups in total. The largest absolute Gasteiger partial charge is 0.496 e. The Bertz CT molecular complexity index is 2030. The van der Waals surface area contributed by atoms with Gasteiger partial charge >= 0.3 is 17.8 Å². The highest BCUT2D eigenvalue weighted by molar-refractivity contribution is 7.21. The number of hydrogen-bond donors (Lipinski definition) is 0. The second-order valence-electron chi connectivity index (χ2n) is 10.8. The number of benzene rings is 3. The lowest BCUT2D eigenvalue weighted by molar-refractivity contribution is -0.254. The molecule has 244 valence electrons. The highest BCUT2D eigenvalue weighted by Crippen LogP contribution is 2.67. The van der Waals surface area contributed by atoms with Gasteiger partial charge in [-0.15, -0.1) is 22.7 Å². The van der Waals surface area contributed by atoms with Crippen LogP contribution in [0.3, 0.4) is 0 Å². The Morgan fingerprint density at radius 3 is 2.02 bits per heavy atom. The Balaban J connectivity index is 1.80. The van der Waals surface area contributed by atoms with E-state index in [4.69, 9.17) is 23.7 Å². The number of hydrogen-bond acceptors (Lipinski definition) is 7. The summed E-state index contributed by atoms with van der Waals surface area (Å²) in [6.45, 7) is 2.73. The summed E-state index contributed by atoms with van der Waals surface area (Å²) >= 11 is 1.69. The quantitative estimate of drug-likeness (QED) is 0.114. The van der Waals surface area contributed by atoms with Crippen molar-refractivity contribution in [2.75, 3.05) is 35.2 Å². The van der Waals surface area contributed by atoms with Crippen LogP contribution < -0.4 is 14.2 Å². The molecule has 3 aromatic carbocycles. The molecule has 1 aliphatic rings. The molecule has 0 radical (unpaired) electrons. The number of fused-ring (bicyclic) bond motifs is 4. The van der Waals surface area contributed by atoms with Crippen LogP contribution in [-0.4, -0.2) is 53.0 Å². The molecule has 0 saturated carbocycles. The zero-order valence-corrected chi connectivity index (χ0v) is 27.1. The molecule has 1 atom stereocenters. The lowest BCUT2D eigenvalue weighted by Crippen LogP contribution is -2.48. The zero-order valence-electron chi connectivity index (χ0n) is 25.5. The van der Waals surface area contributed by atoms with Crippen molar-refractivity contribution in [3.05, 3.63) is 63.3 Å². The molecular weight excluding hydrogens is 654 g/mol. The van der Waals surface area contributed by atoms with Crippen LogP contribution in [0, 0.1) is 6.92 Å². The summed E-state index contributed by atoms with van der Waals surface area (Å²) < 4.78 is 124. The molecule has 5 aromatic rings. The van der Waals surface area contributed by atoms with Crippen molar-refractivity contribution < 1.29 is 50.0 Å². The first-order valence-electron chi connectivity index (χ1n) is 13.9. The average molecular weight is 683 g/mol. The van der Waals surface area contributed by atoms with Crippen molar-refractivity contribution in [2.45, 2.75) is 37.7 Å². The summed E-state index contributed by atoms with van der Waals surface area (Å²) in [4.78, 5) is -0.332. The second-order valence-corrected chi connectivity index (χ2v) is 12.9. The first kappa shape index (κ1) is 32.4. The van der Waals surface area contributed by atoms with E-state index < -0.39 is 45.5 Å². The molecule has 1 unspecified atom stereocenters. The summed E-state index contributed by atoms with van der Waals surface area (Å²) in [6.07, 6.45) is -0.955. The van der Waals surface area contributed by atoms with Crippen molar-refractivity contribution in [3.63, 3.8) is 0 Å². The van der Waals surface area contributed by atoms with Gasteiger partial charge in [0.25, 0.3) is 0 Å². The molecule has 0 bridgehead atoms. The molecule has 0 fully saturated rings. The van der Waals surface area contributed by atoms with Gasteiger partial charge in [0, 0.05) is 54.2 Å². The average Bonchev–Trinajstić information content (AvgIpc) is 3.61. The predicted octanol–water partition coefficient (Wildman–Crippen LogP) is 10.1. The Labute approximate surface area is 267 Å². The molecular formula is C33H28F6O5S2. The summed E-state index contributed by atoms with van der Waals surface area (Å²) in [5, 5.41) is 1.39. The molecule has 2 aromatic heterocycles. The first-order valence-corrected chi connectivity index (χ1v) is 15.6. The summed E-state index contributed by atoms with van der Waals surface area (Å²) in [7, 11) is 5.59. The van der Waals surface area contributed by atoms with Crippen LogP contribution in [0.2, 0.25) is 0 Å². The molecule has 0 saturated heterocycles. The number of halogens is 6. The predicted molar refractivity (Wildman–Crippen MR) is 169 cm³/mol. The molecule has 0 amide bonds. The van der Waals surface area contributed by atoms with Crippen LogP contribution in [0.4, 0.5) is 26.3 Å². The standard InChI is InChI=1S/C33H28F6O5S2/c1-15-23-24-18(19(41-4)11-12-20(24)42-5)13-21(43-6)30(23)46-28(15)27-26(31(34,35)33(38,39)32(27,36)37)25-17-9-7-8-10-22(17)45-29(25)16(2)44-14-40-3/h7-13,16H,14H2,1-6H3. The van der Waals surface area contributed by atoms with E-state index in [1.165, 1.54) is 54.4 Å². The summed E-state index contributed by atoms with van der Waals surface area (Å²) in [5.74, 6) is -15.3. The SMILES string of the molecule is COCOC(C)c1sc2ccccc2c1C1=C(c2sc3c(OC)cc4c(OC)ccc(OC)c4c3c2C)C(F)(F)C(F)(F)C1(F)F. The second kappa shape index (κ2) is 11.3. The minimum Gasteiger partial charge on any atom is -0.496 e. The van der Waals surface area contributed by atoms with Crippen LogP contribution in [-0.2, 0) is 9.47 Å². The molecule has 1 aliphatic carbocycles. The van der Waals surface area contributed by atoms with E-state index in [0.717, 1.165) is 11.3 Å². The molecule has 0 aliphatic heterocycles. The van der Waals surface area contributed by atoms with Crippen LogP contribution in [0.1, 0.15) is 33.9 Å². The van der Waals surface area contributed by atoms with Crippen molar-refractivity contribution in [1.29, 1.82) is 0 Å². The molecule has 46 heavy (non-hydrogen) atoms. The lowest BCUT2D eigenvalue weighted by Gasteiger charge is -2.26. The number of thiophene rings is 2. The maximum atomic E-state index is 16.2. The van der Waals surface area contributed by atoms with Gasteiger partial charge in [0.05, 0.1) is 37.7 Å². The number of aryl methyl sites for hydroxylation is 1. The van der Waals surface area contributed by atoms with E-state index in [2.05, 4.69) is 0 Å². The van der Waals surface area contributed by atoms with E-state index >= 15 is 26.3 Å². The molecule has 13 heteroatoms. The number of methoxy groups -OCH3 is 4. The van der Waals surface area contributed by atoms with Gasteiger partial charge in [-0.05, 0) is 43.7 Å². The van der Waals surface area contributed by atoms with Crippen molar-refractivity contribution in [3.8, 4) is 17.2 Å². The molecule has 2 heterocycles. The van der Waals surface area contributed by atoms with E-state index in [0.29, 0.717) is 48.4 Å². The van der Waals surface area contributed by atoms with E-state index in [9.17, 15) is 0 Å². The number of alkyl halides is 6. The molecule has 0 spiro atoms.